The summed E-state index contributed by atoms with van der Waals surface area (Å²) in [6, 6.07) is 0. The summed E-state index contributed by atoms with van der Waals surface area (Å²) >= 11 is 2.72. The number of rotatable bonds is 7. The van der Waals surface area contributed by atoms with Gasteiger partial charge >= 0.3 is 0 Å². The predicted octanol–water partition coefficient (Wildman–Crippen LogP) is 2.10. The molecule has 108 valence electrons. The van der Waals surface area contributed by atoms with E-state index in [0.717, 1.165) is 9.90 Å². The van der Waals surface area contributed by atoms with Crippen LogP contribution in [0.25, 0.3) is 0 Å². The lowest BCUT2D eigenvalue weighted by atomic mass is 10.3. The van der Waals surface area contributed by atoms with E-state index in [0.29, 0.717) is 17.1 Å². The zero-order chi connectivity index (χ0) is 14.6. The second-order valence-corrected chi connectivity index (χ2v) is 8.24. The van der Waals surface area contributed by atoms with Gasteiger partial charge in [-0.05, 0) is 6.26 Å². The Morgan fingerprint density at radius 2 is 2.11 bits per heavy atom. The van der Waals surface area contributed by atoms with Crippen molar-refractivity contribution in [2.75, 3.05) is 35.4 Å². The Hall–Kier alpha value is -0.730. The maximum absolute atomic E-state index is 11.4. The van der Waals surface area contributed by atoms with Crippen LogP contribution in [0, 0.1) is 0 Å². The van der Waals surface area contributed by atoms with E-state index in [4.69, 9.17) is 5.73 Å². The number of carbonyl (C=O) groups is 1. The number of Topliss-reactive ketones (excluding diaryl/α,β-unsaturated/α-hetero) is 1. The van der Waals surface area contributed by atoms with Crippen molar-refractivity contribution in [3.05, 3.63) is 4.88 Å². The van der Waals surface area contributed by atoms with Crippen LogP contribution in [0.2, 0.25) is 0 Å². The lowest BCUT2D eigenvalue weighted by molar-refractivity contribution is 0.102. The van der Waals surface area contributed by atoms with Gasteiger partial charge in [-0.25, -0.2) is 8.42 Å². The number of nitrogens with one attached hydrogen (secondary N) is 1. The summed E-state index contributed by atoms with van der Waals surface area (Å²) in [6.45, 7) is 3.41. The van der Waals surface area contributed by atoms with Crippen LogP contribution in [0.5, 0.6) is 0 Å². The summed E-state index contributed by atoms with van der Waals surface area (Å²) in [4.78, 5) is 12.8. The fraction of sp³-hybridized carbons (Fsp3) is 0.545. The van der Waals surface area contributed by atoms with Gasteiger partial charge in [0.25, 0.3) is 0 Å². The molecule has 19 heavy (non-hydrogen) atoms. The van der Waals surface area contributed by atoms with Gasteiger partial charge in [-0.3, -0.25) is 4.79 Å². The molecule has 0 amide bonds. The van der Waals surface area contributed by atoms with Gasteiger partial charge in [-0.2, -0.15) is 0 Å². The van der Waals surface area contributed by atoms with E-state index < -0.39 is 9.84 Å². The fourth-order valence-electron chi connectivity index (χ4n) is 1.47. The van der Waals surface area contributed by atoms with Gasteiger partial charge < -0.3 is 11.1 Å². The van der Waals surface area contributed by atoms with Crippen LogP contribution in [0.15, 0.2) is 4.90 Å². The minimum absolute atomic E-state index is 0.0739. The second kappa shape index (κ2) is 6.62. The summed E-state index contributed by atoms with van der Waals surface area (Å²) in [5.41, 5.74) is 6.39. The van der Waals surface area contributed by atoms with Crippen LogP contribution in [-0.2, 0) is 9.84 Å². The maximum atomic E-state index is 11.4. The van der Waals surface area contributed by atoms with E-state index in [9.17, 15) is 13.2 Å². The Kier molecular flexibility index (Phi) is 5.69. The maximum Gasteiger partial charge on any atom is 0.171 e. The topological polar surface area (TPSA) is 89.3 Å². The van der Waals surface area contributed by atoms with Crippen molar-refractivity contribution in [3.8, 4) is 0 Å². The molecule has 1 aromatic rings. The Labute approximate surface area is 121 Å². The number of anilines is 2. The zero-order valence-corrected chi connectivity index (χ0v) is 13.6. The molecule has 0 unspecified atom stereocenters. The molecule has 0 atom stereocenters. The SMILES string of the molecule is CCS(=O)(=O)CCNc1sc(C(C)=O)c(N)c1SC. The number of nitrogen functional groups attached to an aromatic ring is 1. The molecule has 0 spiro atoms. The molecule has 3 N–H and O–H groups in total. The lowest BCUT2D eigenvalue weighted by Crippen LogP contribution is -2.16. The van der Waals surface area contributed by atoms with Crippen molar-refractivity contribution in [3.63, 3.8) is 0 Å². The summed E-state index contributed by atoms with van der Waals surface area (Å²) in [6.07, 6.45) is 1.87. The van der Waals surface area contributed by atoms with Gasteiger partial charge in [-0.1, -0.05) is 6.92 Å². The van der Waals surface area contributed by atoms with Gasteiger partial charge in [0.1, 0.15) is 5.00 Å². The van der Waals surface area contributed by atoms with Gasteiger partial charge in [-0.15, -0.1) is 23.1 Å². The minimum atomic E-state index is -2.99. The van der Waals surface area contributed by atoms with Crippen LogP contribution in [0.3, 0.4) is 0 Å². The molecule has 1 aromatic heterocycles. The Morgan fingerprint density at radius 3 is 2.58 bits per heavy atom. The second-order valence-electron chi connectivity index (χ2n) is 3.93. The molecule has 0 saturated carbocycles. The lowest BCUT2D eigenvalue weighted by Gasteiger charge is -2.06. The van der Waals surface area contributed by atoms with E-state index >= 15 is 0 Å². The largest absolute Gasteiger partial charge is 0.396 e. The number of nitrogens with two attached hydrogens (primary N) is 1. The van der Waals surface area contributed by atoms with Crippen molar-refractivity contribution in [2.45, 2.75) is 18.7 Å². The molecule has 5 nitrogen and oxygen atoms in total. The first-order valence-electron chi connectivity index (χ1n) is 5.73. The van der Waals surface area contributed by atoms with Crippen molar-refractivity contribution >= 4 is 49.4 Å². The minimum Gasteiger partial charge on any atom is -0.396 e. The summed E-state index contributed by atoms with van der Waals surface area (Å²) in [7, 11) is -2.99. The van der Waals surface area contributed by atoms with Crippen LogP contribution in [-0.4, -0.2) is 38.5 Å². The molecule has 0 aliphatic carbocycles. The van der Waals surface area contributed by atoms with E-state index in [1.54, 1.807) is 6.92 Å². The van der Waals surface area contributed by atoms with E-state index in [1.807, 2.05) is 6.26 Å². The molecular weight excluding hydrogens is 304 g/mol. The van der Waals surface area contributed by atoms with Crippen molar-refractivity contribution in [2.24, 2.45) is 0 Å². The third kappa shape index (κ3) is 4.12. The number of sulfone groups is 1. The molecule has 0 aliphatic heterocycles. The monoisotopic (exact) mass is 322 g/mol. The Balaban J connectivity index is 2.84. The average Bonchev–Trinajstić information content (AvgIpc) is 2.66. The van der Waals surface area contributed by atoms with Gasteiger partial charge in [0.2, 0.25) is 0 Å². The molecule has 0 radical (unpaired) electrons. The predicted molar refractivity (Wildman–Crippen MR) is 83.3 cm³/mol. The van der Waals surface area contributed by atoms with Gasteiger partial charge in [0, 0.05) is 19.2 Å². The zero-order valence-electron chi connectivity index (χ0n) is 11.1. The highest BCUT2D eigenvalue weighted by atomic mass is 32.2. The standard InChI is InChI=1S/C11H18N2O3S3/c1-4-19(15,16)6-5-13-11-10(17-3)8(12)9(18-11)7(2)14/h13H,4-6,12H2,1-3H3. The van der Waals surface area contributed by atoms with Crippen LogP contribution >= 0.6 is 23.1 Å². The van der Waals surface area contributed by atoms with Crippen LogP contribution in [0.1, 0.15) is 23.5 Å². The average molecular weight is 322 g/mol. The first-order valence-corrected chi connectivity index (χ1v) is 9.60. The summed E-state index contributed by atoms with van der Waals surface area (Å²) in [5.74, 6) is 0.131. The van der Waals surface area contributed by atoms with Crippen molar-refractivity contribution < 1.29 is 13.2 Å². The van der Waals surface area contributed by atoms with Crippen LogP contribution < -0.4 is 11.1 Å². The fourth-order valence-corrected chi connectivity index (χ4v) is 4.13. The van der Waals surface area contributed by atoms with Crippen molar-refractivity contribution in [1.29, 1.82) is 0 Å². The normalized spacial score (nSPS) is 11.5. The molecular formula is C11H18N2O3S3. The smallest absolute Gasteiger partial charge is 0.171 e. The number of hydrogen-bond donors (Lipinski definition) is 2. The molecule has 0 aromatic carbocycles. The van der Waals surface area contributed by atoms with Gasteiger partial charge in [0.15, 0.2) is 15.6 Å². The highest BCUT2D eigenvalue weighted by Gasteiger charge is 2.18. The number of thioether (sulfide) groups is 1. The first-order chi connectivity index (χ1) is 8.82. The number of hydrogen-bond acceptors (Lipinski definition) is 7. The number of ketones is 1. The number of carbonyl (C=O) groups excluding carboxylic acids is 1. The molecule has 1 rings (SSSR count). The van der Waals surface area contributed by atoms with E-state index in [-0.39, 0.29) is 17.3 Å². The van der Waals surface area contributed by atoms with E-state index in [2.05, 4.69) is 5.32 Å². The molecule has 0 saturated heterocycles. The Morgan fingerprint density at radius 1 is 1.47 bits per heavy atom. The third-order valence-electron chi connectivity index (χ3n) is 2.56. The quantitative estimate of drug-likeness (QED) is 0.590. The Bertz CT molecular complexity index is 564. The highest BCUT2D eigenvalue weighted by Crippen LogP contribution is 2.41. The molecule has 8 heteroatoms. The molecule has 0 fully saturated rings. The first kappa shape index (κ1) is 16.3. The molecule has 1 heterocycles. The van der Waals surface area contributed by atoms with Crippen LogP contribution in [0.4, 0.5) is 10.7 Å². The van der Waals surface area contributed by atoms with Crippen molar-refractivity contribution in [1.82, 2.24) is 0 Å². The summed E-state index contributed by atoms with van der Waals surface area (Å²) in [5, 5.41) is 3.82. The summed E-state index contributed by atoms with van der Waals surface area (Å²) < 4.78 is 22.8. The highest BCUT2D eigenvalue weighted by molar-refractivity contribution is 7.99. The van der Waals surface area contributed by atoms with E-state index in [1.165, 1.54) is 30.0 Å². The molecule has 0 aliphatic rings. The molecule has 0 bridgehead atoms. The third-order valence-corrected chi connectivity index (χ3v) is 6.49. The number of thiophene rings is 1. The van der Waals surface area contributed by atoms with Gasteiger partial charge in [0.05, 0.1) is 21.2 Å².